The summed E-state index contributed by atoms with van der Waals surface area (Å²) in [5, 5.41) is 12.9. The zero-order valence-electron chi connectivity index (χ0n) is 14.5. The van der Waals surface area contributed by atoms with Crippen molar-refractivity contribution in [1.29, 1.82) is 0 Å². The van der Waals surface area contributed by atoms with Crippen LogP contribution >= 0.6 is 11.3 Å². The number of amides is 1. The maximum absolute atomic E-state index is 12.9. The van der Waals surface area contributed by atoms with Crippen LogP contribution in [0.25, 0.3) is 0 Å². The average molecular weight is 375 g/mol. The second-order valence-electron chi connectivity index (χ2n) is 7.11. The van der Waals surface area contributed by atoms with Gasteiger partial charge < -0.3 is 15.2 Å². The van der Waals surface area contributed by atoms with E-state index in [0.717, 1.165) is 29.7 Å². The lowest BCUT2D eigenvalue weighted by molar-refractivity contribution is -0.146. The van der Waals surface area contributed by atoms with Gasteiger partial charge in [0.2, 0.25) is 5.91 Å². The number of carboxylic acids is 1. The summed E-state index contributed by atoms with van der Waals surface area (Å²) in [6.07, 6.45) is 7.29. The number of aryl methyl sites for hydroxylation is 1. The molecular formula is C19H21NO5S. The van der Waals surface area contributed by atoms with Crippen LogP contribution in [0.15, 0.2) is 12.2 Å². The van der Waals surface area contributed by atoms with Crippen molar-refractivity contribution < 1.29 is 24.2 Å². The number of ether oxygens (including phenoxy) is 1. The first kappa shape index (κ1) is 17.3. The largest absolute Gasteiger partial charge is 0.481 e. The zero-order chi connectivity index (χ0) is 18.4. The Morgan fingerprint density at radius 2 is 1.96 bits per heavy atom. The van der Waals surface area contributed by atoms with Gasteiger partial charge in [0.15, 0.2) is 0 Å². The van der Waals surface area contributed by atoms with Crippen LogP contribution in [0.3, 0.4) is 0 Å². The van der Waals surface area contributed by atoms with Crippen LogP contribution in [0.1, 0.15) is 40.6 Å². The fraction of sp³-hybridized carbons (Fsp3) is 0.526. The average Bonchev–Trinajstić information content (AvgIpc) is 3.33. The van der Waals surface area contributed by atoms with Gasteiger partial charge in [0, 0.05) is 4.88 Å². The Labute approximate surface area is 155 Å². The first-order chi connectivity index (χ1) is 12.5. The van der Waals surface area contributed by atoms with E-state index in [2.05, 4.69) is 5.32 Å². The molecule has 1 fully saturated rings. The third kappa shape index (κ3) is 2.65. The third-order valence-corrected chi connectivity index (χ3v) is 6.89. The van der Waals surface area contributed by atoms with Crippen LogP contribution < -0.4 is 5.32 Å². The van der Waals surface area contributed by atoms with Crippen molar-refractivity contribution in [2.45, 2.75) is 32.6 Å². The first-order valence-electron chi connectivity index (χ1n) is 9.05. The number of allylic oxidation sites excluding steroid dienone is 2. The Bertz CT molecular complexity index is 811. The van der Waals surface area contributed by atoms with Crippen LogP contribution in [0, 0.1) is 23.7 Å². The van der Waals surface area contributed by atoms with Gasteiger partial charge in [-0.2, -0.15) is 0 Å². The maximum atomic E-state index is 12.9. The highest BCUT2D eigenvalue weighted by molar-refractivity contribution is 7.17. The highest BCUT2D eigenvalue weighted by Gasteiger charge is 2.51. The predicted octanol–water partition coefficient (Wildman–Crippen LogP) is 2.87. The fourth-order valence-electron chi connectivity index (χ4n) is 4.62. The molecule has 0 radical (unpaired) electrons. The van der Waals surface area contributed by atoms with Gasteiger partial charge in [0.25, 0.3) is 0 Å². The van der Waals surface area contributed by atoms with Crippen LogP contribution in [-0.4, -0.2) is 29.6 Å². The second kappa shape index (κ2) is 6.54. The zero-order valence-corrected chi connectivity index (χ0v) is 15.3. The number of carboxylic acid groups (broad SMARTS) is 1. The minimum atomic E-state index is -0.929. The predicted molar refractivity (Wildman–Crippen MR) is 96.3 cm³/mol. The summed E-state index contributed by atoms with van der Waals surface area (Å²) in [5.74, 6) is -3.05. The number of esters is 1. The molecule has 3 aliphatic rings. The molecular weight excluding hydrogens is 354 g/mol. The standard InChI is InChI=1S/C19H21NO5S/c1-2-25-19(24)15-11-4-3-5-12(11)26-17(15)20-16(21)13-9-6-7-10(8-9)14(13)18(22)23/h6-7,9-10,13-14H,2-5,8H2,1H3,(H,20,21)(H,22,23)/t9-,10-,13+,14-/m0/s1. The van der Waals surface area contributed by atoms with E-state index >= 15 is 0 Å². The number of carbonyl (C=O) groups is 3. The molecule has 2 bridgehead atoms. The van der Waals surface area contributed by atoms with Crippen molar-refractivity contribution in [1.82, 2.24) is 0 Å². The molecule has 6 nitrogen and oxygen atoms in total. The molecule has 1 amide bonds. The summed E-state index contributed by atoms with van der Waals surface area (Å²) in [5.41, 5.74) is 1.44. The van der Waals surface area contributed by atoms with E-state index in [0.29, 0.717) is 17.0 Å². The highest BCUT2D eigenvalue weighted by atomic mass is 32.1. The van der Waals surface area contributed by atoms with Gasteiger partial charge in [-0.25, -0.2) is 4.79 Å². The van der Waals surface area contributed by atoms with Crippen molar-refractivity contribution in [3.8, 4) is 0 Å². The molecule has 1 saturated carbocycles. The van der Waals surface area contributed by atoms with E-state index in [1.807, 2.05) is 12.2 Å². The summed E-state index contributed by atoms with van der Waals surface area (Å²) in [7, 11) is 0. The van der Waals surface area contributed by atoms with Gasteiger partial charge in [-0.15, -0.1) is 11.3 Å². The van der Waals surface area contributed by atoms with E-state index in [-0.39, 0.29) is 24.3 Å². The van der Waals surface area contributed by atoms with Gasteiger partial charge in [0.05, 0.1) is 24.0 Å². The molecule has 0 aromatic carbocycles. The summed E-state index contributed by atoms with van der Waals surface area (Å²) < 4.78 is 5.18. The third-order valence-electron chi connectivity index (χ3n) is 5.68. The molecule has 4 rings (SSSR count). The number of fused-ring (bicyclic) bond motifs is 3. The van der Waals surface area contributed by atoms with E-state index in [4.69, 9.17) is 4.74 Å². The molecule has 1 aromatic heterocycles. The second-order valence-corrected chi connectivity index (χ2v) is 8.21. The van der Waals surface area contributed by atoms with Gasteiger partial charge >= 0.3 is 11.9 Å². The Kier molecular flexibility index (Phi) is 4.34. The lowest BCUT2D eigenvalue weighted by Crippen LogP contribution is -2.36. The number of hydrogen-bond acceptors (Lipinski definition) is 5. The summed E-state index contributed by atoms with van der Waals surface area (Å²) in [6, 6.07) is 0. The smallest absolute Gasteiger partial charge is 0.341 e. The summed E-state index contributed by atoms with van der Waals surface area (Å²) >= 11 is 1.42. The lowest BCUT2D eigenvalue weighted by atomic mass is 9.82. The normalized spacial score (nSPS) is 28.2. The van der Waals surface area contributed by atoms with Crippen molar-refractivity contribution in [3.05, 3.63) is 28.2 Å². The van der Waals surface area contributed by atoms with E-state index in [1.165, 1.54) is 11.3 Å². The number of carbonyl (C=O) groups excluding carboxylic acids is 2. The Hall–Kier alpha value is -2.15. The van der Waals surface area contributed by atoms with Crippen LogP contribution in [0.5, 0.6) is 0 Å². The highest BCUT2D eigenvalue weighted by Crippen LogP contribution is 2.49. The van der Waals surface area contributed by atoms with Gasteiger partial charge in [-0.3, -0.25) is 9.59 Å². The van der Waals surface area contributed by atoms with Crippen molar-refractivity contribution in [3.63, 3.8) is 0 Å². The van der Waals surface area contributed by atoms with E-state index < -0.39 is 23.8 Å². The number of nitrogens with one attached hydrogen (secondary N) is 1. The molecule has 138 valence electrons. The number of anilines is 1. The maximum Gasteiger partial charge on any atom is 0.341 e. The van der Waals surface area contributed by atoms with Gasteiger partial charge in [0.1, 0.15) is 5.00 Å². The van der Waals surface area contributed by atoms with Crippen LogP contribution in [-0.2, 0) is 27.2 Å². The van der Waals surface area contributed by atoms with Crippen molar-refractivity contribution in [2.24, 2.45) is 23.7 Å². The van der Waals surface area contributed by atoms with Crippen LogP contribution in [0.2, 0.25) is 0 Å². The number of aliphatic carboxylic acids is 1. The fourth-order valence-corrected chi connectivity index (χ4v) is 5.90. The Morgan fingerprint density at radius 3 is 2.65 bits per heavy atom. The Morgan fingerprint density at radius 1 is 1.23 bits per heavy atom. The molecule has 4 atom stereocenters. The SMILES string of the molecule is CCOC(=O)c1c(NC(=O)[C@H]2[C@@H](C(=O)O)[C@H]3C=C[C@H]2C3)sc2c1CCC2. The number of hydrogen-bond donors (Lipinski definition) is 2. The molecule has 3 aliphatic carbocycles. The number of rotatable bonds is 5. The molecule has 0 spiro atoms. The number of thiophene rings is 1. The monoisotopic (exact) mass is 375 g/mol. The summed E-state index contributed by atoms with van der Waals surface area (Å²) in [6.45, 7) is 2.02. The molecule has 1 aromatic rings. The lowest BCUT2D eigenvalue weighted by Gasteiger charge is -2.23. The molecule has 26 heavy (non-hydrogen) atoms. The molecule has 0 saturated heterocycles. The molecule has 7 heteroatoms. The Balaban J connectivity index is 1.61. The first-order valence-corrected chi connectivity index (χ1v) is 9.86. The molecule has 0 aliphatic heterocycles. The molecule has 0 unspecified atom stereocenters. The van der Waals surface area contributed by atoms with E-state index in [9.17, 15) is 19.5 Å². The minimum absolute atomic E-state index is 0.0426. The summed E-state index contributed by atoms with van der Waals surface area (Å²) in [4.78, 5) is 38.1. The van der Waals surface area contributed by atoms with Crippen LogP contribution in [0.4, 0.5) is 5.00 Å². The van der Waals surface area contributed by atoms with Gasteiger partial charge in [-0.1, -0.05) is 12.2 Å². The topological polar surface area (TPSA) is 92.7 Å². The van der Waals surface area contributed by atoms with E-state index in [1.54, 1.807) is 6.92 Å². The minimum Gasteiger partial charge on any atom is -0.481 e. The molecule has 1 heterocycles. The van der Waals surface area contributed by atoms with Crippen molar-refractivity contribution in [2.75, 3.05) is 11.9 Å². The molecule has 2 N–H and O–H groups in total. The van der Waals surface area contributed by atoms with Gasteiger partial charge in [-0.05, 0) is 50.0 Å². The quantitative estimate of drug-likeness (QED) is 0.610. The van der Waals surface area contributed by atoms with Crippen molar-refractivity contribution >= 4 is 34.2 Å².